The Balaban J connectivity index is 3.15. The van der Waals surface area contributed by atoms with Crippen LogP contribution in [0.4, 0.5) is 17.6 Å². The van der Waals surface area contributed by atoms with Crippen LogP contribution in [0.15, 0.2) is 18.2 Å². The van der Waals surface area contributed by atoms with Crippen LogP contribution in [0.2, 0.25) is 0 Å². The summed E-state index contributed by atoms with van der Waals surface area (Å²) in [4.78, 5) is 0. The molecule has 0 aliphatic carbocycles. The summed E-state index contributed by atoms with van der Waals surface area (Å²) < 4.78 is 49.9. The van der Waals surface area contributed by atoms with Crippen molar-refractivity contribution in [1.29, 1.82) is 0 Å². The molecular weight excluding hydrogens is 212 g/mol. The third kappa shape index (κ3) is 3.20. The highest BCUT2D eigenvalue weighted by Crippen LogP contribution is 2.33. The highest BCUT2D eigenvalue weighted by Gasteiger charge is 2.33. The largest absolute Gasteiger partial charge is 0.416 e. The molecule has 0 bridgehead atoms. The highest BCUT2D eigenvalue weighted by molar-refractivity contribution is 5.30. The van der Waals surface area contributed by atoms with Crippen LogP contribution in [0.5, 0.6) is 0 Å². The molecule has 5 heteroatoms. The Bertz CT molecular complexity index is 344. The van der Waals surface area contributed by atoms with Crippen molar-refractivity contribution in [2.75, 3.05) is 0 Å². The fourth-order valence-corrected chi connectivity index (χ4v) is 1.31. The predicted molar refractivity (Wildman–Crippen MR) is 46.8 cm³/mol. The molecule has 0 spiro atoms. The zero-order valence-corrected chi connectivity index (χ0v) is 7.98. The van der Waals surface area contributed by atoms with Crippen molar-refractivity contribution < 1.29 is 22.7 Å². The Morgan fingerprint density at radius 2 is 1.93 bits per heavy atom. The Kier molecular flexibility index (Phi) is 3.34. The topological polar surface area (TPSA) is 20.2 Å². The third-order valence-electron chi connectivity index (χ3n) is 1.89. The van der Waals surface area contributed by atoms with Gasteiger partial charge in [-0.3, -0.25) is 0 Å². The molecule has 0 unspecified atom stereocenters. The molecular formula is C10H10F4O. The Morgan fingerprint density at radius 1 is 1.33 bits per heavy atom. The van der Waals surface area contributed by atoms with Crippen molar-refractivity contribution in [3.63, 3.8) is 0 Å². The second-order valence-electron chi connectivity index (χ2n) is 3.35. The van der Waals surface area contributed by atoms with Crippen molar-refractivity contribution in [3.05, 3.63) is 35.1 Å². The first-order valence-electron chi connectivity index (χ1n) is 4.34. The van der Waals surface area contributed by atoms with E-state index in [4.69, 9.17) is 5.11 Å². The lowest BCUT2D eigenvalue weighted by Crippen LogP contribution is -2.13. The van der Waals surface area contributed by atoms with Gasteiger partial charge in [0.15, 0.2) is 0 Å². The van der Waals surface area contributed by atoms with Crippen LogP contribution >= 0.6 is 0 Å². The molecule has 1 N–H and O–H groups in total. The van der Waals surface area contributed by atoms with Crippen LogP contribution in [0.1, 0.15) is 18.1 Å². The van der Waals surface area contributed by atoms with Crippen LogP contribution < -0.4 is 0 Å². The molecule has 1 nitrogen and oxygen atoms in total. The first-order valence-corrected chi connectivity index (χ1v) is 4.34. The lowest BCUT2D eigenvalue weighted by molar-refractivity contribution is -0.138. The summed E-state index contributed by atoms with van der Waals surface area (Å²) in [7, 11) is 0. The second kappa shape index (κ2) is 4.18. The number of benzene rings is 1. The molecule has 1 aromatic rings. The van der Waals surface area contributed by atoms with E-state index >= 15 is 0 Å². The summed E-state index contributed by atoms with van der Waals surface area (Å²) >= 11 is 0. The molecule has 0 fully saturated rings. The molecule has 0 aromatic heterocycles. The van der Waals surface area contributed by atoms with Crippen molar-refractivity contribution in [1.82, 2.24) is 0 Å². The first-order chi connectivity index (χ1) is 6.80. The lowest BCUT2D eigenvalue weighted by Gasteiger charge is -2.13. The van der Waals surface area contributed by atoms with Crippen LogP contribution in [-0.2, 0) is 12.6 Å². The lowest BCUT2D eigenvalue weighted by atomic mass is 10.0. The number of alkyl halides is 3. The summed E-state index contributed by atoms with van der Waals surface area (Å²) in [6.45, 7) is 1.38. The molecule has 0 aliphatic rings. The normalized spacial score (nSPS) is 14.0. The van der Waals surface area contributed by atoms with Gasteiger partial charge in [-0.15, -0.1) is 0 Å². The van der Waals surface area contributed by atoms with Crippen molar-refractivity contribution in [2.45, 2.75) is 25.6 Å². The van der Waals surface area contributed by atoms with Crippen LogP contribution in [0.25, 0.3) is 0 Å². The third-order valence-corrected chi connectivity index (χ3v) is 1.89. The minimum Gasteiger partial charge on any atom is -0.393 e. The zero-order valence-electron chi connectivity index (χ0n) is 7.98. The SMILES string of the molecule is C[C@@H](O)Cc1ccc(F)cc1C(F)(F)F. The molecule has 0 saturated heterocycles. The molecule has 1 aromatic carbocycles. The van der Waals surface area contributed by atoms with E-state index in [2.05, 4.69) is 0 Å². The van der Waals surface area contributed by atoms with E-state index in [0.717, 1.165) is 12.1 Å². The maximum Gasteiger partial charge on any atom is 0.416 e. The van der Waals surface area contributed by atoms with Crippen LogP contribution in [-0.4, -0.2) is 11.2 Å². The van der Waals surface area contributed by atoms with Crippen molar-refractivity contribution >= 4 is 0 Å². The average Bonchev–Trinajstić information content (AvgIpc) is 2.05. The summed E-state index contributed by atoms with van der Waals surface area (Å²) in [6, 6.07) is 2.44. The van der Waals surface area contributed by atoms with Gasteiger partial charge in [-0.1, -0.05) is 6.07 Å². The molecule has 0 radical (unpaired) electrons. The Morgan fingerprint density at radius 3 is 2.40 bits per heavy atom. The van der Waals surface area contributed by atoms with E-state index in [1.165, 1.54) is 6.92 Å². The van der Waals surface area contributed by atoms with Crippen LogP contribution in [0, 0.1) is 5.82 Å². The van der Waals surface area contributed by atoms with Gasteiger partial charge >= 0.3 is 6.18 Å². The standard InChI is InChI=1S/C10H10F4O/c1-6(15)4-7-2-3-8(11)5-9(7)10(12,13)14/h2-3,5-6,15H,4H2,1H3/t6-/m1/s1. The van der Waals surface area contributed by atoms with Crippen molar-refractivity contribution in [2.24, 2.45) is 0 Å². The van der Waals surface area contributed by atoms with Gasteiger partial charge in [0.2, 0.25) is 0 Å². The number of hydrogen-bond donors (Lipinski definition) is 1. The zero-order chi connectivity index (χ0) is 11.6. The van der Waals surface area contributed by atoms with E-state index in [-0.39, 0.29) is 12.0 Å². The fraction of sp³-hybridized carbons (Fsp3) is 0.400. The molecule has 0 amide bonds. The minimum absolute atomic E-state index is 0.0982. The van der Waals surface area contributed by atoms with E-state index in [1.807, 2.05) is 0 Å². The maximum absolute atomic E-state index is 12.7. The molecule has 15 heavy (non-hydrogen) atoms. The van der Waals surface area contributed by atoms with Gasteiger partial charge in [-0.05, 0) is 31.0 Å². The summed E-state index contributed by atoms with van der Waals surface area (Å²) in [5, 5.41) is 9.00. The van der Waals surface area contributed by atoms with Gasteiger partial charge in [0.25, 0.3) is 0 Å². The van der Waals surface area contributed by atoms with E-state index < -0.39 is 23.7 Å². The molecule has 1 atom stereocenters. The maximum atomic E-state index is 12.7. The number of rotatable bonds is 2. The fourth-order valence-electron chi connectivity index (χ4n) is 1.31. The molecule has 0 heterocycles. The summed E-state index contributed by atoms with van der Waals surface area (Å²) in [6.07, 6.45) is -5.63. The van der Waals surface area contributed by atoms with Gasteiger partial charge < -0.3 is 5.11 Å². The molecule has 0 aliphatic heterocycles. The monoisotopic (exact) mass is 222 g/mol. The quantitative estimate of drug-likeness (QED) is 0.763. The number of aliphatic hydroxyl groups is 1. The first kappa shape index (κ1) is 12.0. The smallest absolute Gasteiger partial charge is 0.393 e. The minimum atomic E-state index is -4.59. The summed E-state index contributed by atoms with van der Waals surface area (Å²) in [5.74, 6) is -0.934. The summed E-state index contributed by atoms with van der Waals surface area (Å²) in [5.41, 5.74) is -1.12. The predicted octanol–water partition coefficient (Wildman–Crippen LogP) is 2.77. The van der Waals surface area contributed by atoms with Crippen LogP contribution in [0.3, 0.4) is 0 Å². The van der Waals surface area contributed by atoms with Gasteiger partial charge in [0, 0.05) is 0 Å². The second-order valence-corrected chi connectivity index (χ2v) is 3.35. The van der Waals surface area contributed by atoms with E-state index in [1.54, 1.807) is 0 Å². The van der Waals surface area contributed by atoms with Gasteiger partial charge in [-0.25, -0.2) is 4.39 Å². The number of aliphatic hydroxyl groups excluding tert-OH is 1. The van der Waals surface area contributed by atoms with Gasteiger partial charge in [-0.2, -0.15) is 13.2 Å². The molecule has 84 valence electrons. The average molecular weight is 222 g/mol. The highest BCUT2D eigenvalue weighted by atomic mass is 19.4. The molecule has 1 rings (SSSR count). The van der Waals surface area contributed by atoms with E-state index in [0.29, 0.717) is 6.07 Å². The van der Waals surface area contributed by atoms with E-state index in [9.17, 15) is 17.6 Å². The number of hydrogen-bond acceptors (Lipinski definition) is 1. The van der Waals surface area contributed by atoms with Crippen molar-refractivity contribution in [3.8, 4) is 0 Å². The van der Waals surface area contributed by atoms with Gasteiger partial charge in [0.05, 0.1) is 11.7 Å². The Labute approximate surface area is 84.3 Å². The van der Waals surface area contributed by atoms with Gasteiger partial charge in [0.1, 0.15) is 5.82 Å². The number of halogens is 4. The Hall–Kier alpha value is -1.10. The molecule has 0 saturated carbocycles.